The zero-order valence-corrected chi connectivity index (χ0v) is 10.8. The number of rotatable bonds is 2. The molecule has 3 unspecified atom stereocenters. The molecule has 0 aromatic carbocycles. The Balaban J connectivity index is 1.66. The lowest BCUT2D eigenvalue weighted by atomic mass is 9.84. The van der Waals surface area contributed by atoms with Gasteiger partial charge in [-0.25, -0.2) is 0 Å². The Morgan fingerprint density at radius 3 is 3.06 bits per heavy atom. The van der Waals surface area contributed by atoms with Crippen LogP contribution in [0.3, 0.4) is 0 Å². The summed E-state index contributed by atoms with van der Waals surface area (Å²) in [5.74, 6) is 0.733. The zero-order valence-electron chi connectivity index (χ0n) is 10.8. The second-order valence-corrected chi connectivity index (χ2v) is 5.87. The molecule has 3 heterocycles. The van der Waals surface area contributed by atoms with Gasteiger partial charge in [-0.05, 0) is 32.2 Å². The molecule has 0 radical (unpaired) electrons. The number of likely N-dealkylation sites (N-methyl/N-ethyl adjacent to an activating group) is 1. The van der Waals surface area contributed by atoms with Crippen LogP contribution in [0.5, 0.6) is 0 Å². The van der Waals surface area contributed by atoms with Gasteiger partial charge in [-0.15, -0.1) is 0 Å². The fraction of sp³-hybridized carbons (Fsp3) is 1.00. The van der Waals surface area contributed by atoms with E-state index in [1.165, 1.54) is 25.8 Å². The van der Waals surface area contributed by atoms with Gasteiger partial charge in [0.15, 0.2) is 0 Å². The minimum Gasteiger partial charge on any atom is -0.381 e. The molecule has 0 aromatic rings. The van der Waals surface area contributed by atoms with Crippen molar-refractivity contribution in [2.75, 3.05) is 46.5 Å². The molecule has 0 amide bonds. The molecule has 3 atom stereocenters. The van der Waals surface area contributed by atoms with Crippen LogP contribution in [0.25, 0.3) is 0 Å². The minimum absolute atomic E-state index is 0.0790. The highest BCUT2D eigenvalue weighted by molar-refractivity contribution is 5.02. The first kappa shape index (κ1) is 11.9. The summed E-state index contributed by atoms with van der Waals surface area (Å²) < 4.78 is 11.7. The van der Waals surface area contributed by atoms with E-state index in [4.69, 9.17) is 9.47 Å². The Kier molecular flexibility index (Phi) is 3.39. The van der Waals surface area contributed by atoms with E-state index in [0.29, 0.717) is 6.04 Å². The second-order valence-electron chi connectivity index (χ2n) is 5.87. The quantitative estimate of drug-likeness (QED) is 0.761. The Morgan fingerprint density at radius 1 is 1.41 bits per heavy atom. The van der Waals surface area contributed by atoms with Gasteiger partial charge in [0.2, 0.25) is 0 Å². The maximum atomic E-state index is 6.17. The Labute approximate surface area is 104 Å². The van der Waals surface area contributed by atoms with E-state index in [1.807, 2.05) is 0 Å². The molecule has 4 heteroatoms. The van der Waals surface area contributed by atoms with Gasteiger partial charge >= 0.3 is 0 Å². The summed E-state index contributed by atoms with van der Waals surface area (Å²) in [6.45, 7) is 6.02. The van der Waals surface area contributed by atoms with Gasteiger partial charge in [-0.1, -0.05) is 0 Å². The van der Waals surface area contributed by atoms with Crippen molar-refractivity contribution in [1.29, 1.82) is 0 Å². The van der Waals surface area contributed by atoms with Gasteiger partial charge in [0, 0.05) is 38.9 Å². The van der Waals surface area contributed by atoms with Crippen molar-refractivity contribution in [1.82, 2.24) is 10.2 Å². The molecular weight excluding hydrogens is 216 g/mol. The van der Waals surface area contributed by atoms with E-state index in [1.54, 1.807) is 0 Å². The van der Waals surface area contributed by atoms with Crippen LogP contribution in [0.15, 0.2) is 0 Å². The largest absolute Gasteiger partial charge is 0.381 e. The first-order valence-electron chi connectivity index (χ1n) is 6.92. The molecule has 1 spiro atoms. The van der Waals surface area contributed by atoms with Crippen molar-refractivity contribution in [3.63, 3.8) is 0 Å². The average molecular weight is 240 g/mol. The van der Waals surface area contributed by atoms with Crippen LogP contribution in [0.2, 0.25) is 0 Å². The van der Waals surface area contributed by atoms with Crippen LogP contribution in [-0.4, -0.2) is 63.0 Å². The van der Waals surface area contributed by atoms with E-state index in [9.17, 15) is 0 Å². The zero-order chi connectivity index (χ0) is 11.7. The van der Waals surface area contributed by atoms with Gasteiger partial charge < -0.3 is 19.7 Å². The summed E-state index contributed by atoms with van der Waals surface area (Å²) in [6.07, 6.45) is 3.62. The number of hydrogen-bond donors (Lipinski definition) is 1. The highest BCUT2D eigenvalue weighted by Crippen LogP contribution is 2.34. The normalized spacial score (nSPS) is 43.6. The Morgan fingerprint density at radius 2 is 2.35 bits per heavy atom. The number of likely N-dealkylation sites (tertiary alicyclic amines) is 1. The fourth-order valence-electron chi connectivity index (χ4n) is 3.57. The molecule has 0 aromatic heterocycles. The van der Waals surface area contributed by atoms with Crippen LogP contribution in [0, 0.1) is 5.92 Å². The van der Waals surface area contributed by atoms with Crippen molar-refractivity contribution in [3.05, 3.63) is 0 Å². The topological polar surface area (TPSA) is 33.7 Å². The maximum Gasteiger partial charge on any atom is 0.0973 e. The van der Waals surface area contributed by atoms with Gasteiger partial charge in [-0.3, -0.25) is 0 Å². The number of ether oxygens (including phenoxy) is 2. The third-order valence-electron chi connectivity index (χ3n) is 4.56. The molecule has 17 heavy (non-hydrogen) atoms. The molecule has 3 saturated heterocycles. The third-order valence-corrected chi connectivity index (χ3v) is 4.56. The predicted octanol–water partition coefficient (Wildman–Crippen LogP) is 0.476. The summed E-state index contributed by atoms with van der Waals surface area (Å²) in [7, 11) is 2.20. The van der Waals surface area contributed by atoms with Crippen LogP contribution in [-0.2, 0) is 9.47 Å². The molecular formula is C13H24N2O2. The highest BCUT2D eigenvalue weighted by Gasteiger charge is 2.46. The van der Waals surface area contributed by atoms with Gasteiger partial charge in [-0.2, -0.15) is 0 Å². The first-order valence-corrected chi connectivity index (χ1v) is 6.92. The Bertz CT molecular complexity index is 264. The Hall–Kier alpha value is -0.160. The van der Waals surface area contributed by atoms with Crippen molar-refractivity contribution in [2.24, 2.45) is 5.92 Å². The van der Waals surface area contributed by atoms with Crippen molar-refractivity contribution < 1.29 is 9.47 Å². The first-order chi connectivity index (χ1) is 8.28. The summed E-state index contributed by atoms with van der Waals surface area (Å²) in [5.41, 5.74) is 0.0790. The van der Waals surface area contributed by atoms with Crippen LogP contribution < -0.4 is 5.32 Å². The molecule has 0 saturated carbocycles. The average Bonchev–Trinajstić information content (AvgIpc) is 2.93. The van der Waals surface area contributed by atoms with Gasteiger partial charge in [0.1, 0.15) is 0 Å². The maximum absolute atomic E-state index is 6.17. The van der Waals surface area contributed by atoms with Crippen LogP contribution >= 0.6 is 0 Å². The molecule has 4 nitrogen and oxygen atoms in total. The van der Waals surface area contributed by atoms with E-state index in [2.05, 4.69) is 17.3 Å². The van der Waals surface area contributed by atoms with Crippen LogP contribution in [0.4, 0.5) is 0 Å². The lowest BCUT2D eigenvalue weighted by Crippen LogP contribution is -2.59. The molecule has 0 aliphatic carbocycles. The predicted molar refractivity (Wildman–Crippen MR) is 66.1 cm³/mol. The van der Waals surface area contributed by atoms with Gasteiger partial charge in [0.25, 0.3) is 0 Å². The minimum atomic E-state index is 0.0790. The summed E-state index contributed by atoms with van der Waals surface area (Å²) in [5, 5.41) is 3.69. The molecule has 3 aliphatic rings. The number of nitrogens with zero attached hydrogens (tertiary/aromatic N) is 1. The summed E-state index contributed by atoms with van der Waals surface area (Å²) in [4.78, 5) is 2.39. The van der Waals surface area contributed by atoms with Crippen LogP contribution in [0.1, 0.15) is 19.3 Å². The second kappa shape index (κ2) is 4.84. The third kappa shape index (κ3) is 2.36. The molecule has 3 fully saturated rings. The van der Waals surface area contributed by atoms with Crippen molar-refractivity contribution >= 4 is 0 Å². The van der Waals surface area contributed by atoms with E-state index in [-0.39, 0.29) is 5.60 Å². The molecule has 1 N–H and O–H groups in total. The number of nitrogens with one attached hydrogen (secondary N) is 1. The number of morpholine rings is 1. The van der Waals surface area contributed by atoms with Crippen molar-refractivity contribution in [2.45, 2.75) is 30.9 Å². The lowest BCUT2D eigenvalue weighted by Gasteiger charge is -2.43. The smallest absolute Gasteiger partial charge is 0.0973 e. The number of hydrogen-bond acceptors (Lipinski definition) is 4. The summed E-state index contributed by atoms with van der Waals surface area (Å²) in [6, 6.07) is 0.521. The standard InChI is InChI=1S/C13H24N2O2/c1-15-5-3-13(10-15)12(14-4-7-17-13)8-11-2-6-16-9-11/h11-12,14H,2-10H2,1H3. The summed E-state index contributed by atoms with van der Waals surface area (Å²) >= 11 is 0. The van der Waals surface area contributed by atoms with E-state index in [0.717, 1.165) is 38.8 Å². The highest BCUT2D eigenvalue weighted by atomic mass is 16.5. The van der Waals surface area contributed by atoms with E-state index >= 15 is 0 Å². The monoisotopic (exact) mass is 240 g/mol. The van der Waals surface area contributed by atoms with Gasteiger partial charge in [0.05, 0.1) is 12.2 Å². The molecule has 3 rings (SSSR count). The molecule has 0 bridgehead atoms. The fourth-order valence-corrected chi connectivity index (χ4v) is 3.57. The SMILES string of the molecule is CN1CCC2(C1)OCCNC2CC1CCOC1. The lowest BCUT2D eigenvalue weighted by molar-refractivity contribution is -0.0924. The molecule has 3 aliphatic heterocycles. The molecule has 98 valence electrons. The van der Waals surface area contributed by atoms with Crippen molar-refractivity contribution in [3.8, 4) is 0 Å². The van der Waals surface area contributed by atoms with E-state index < -0.39 is 0 Å².